The lowest BCUT2D eigenvalue weighted by Gasteiger charge is -2.38. The standard InChI is InChI=1S/C17H27NO2/c1-14-7-6-10-18(15(14)2)11-17(19)13-20-12-16-8-4-3-5-9-16/h3-5,8-9,14-15,17,19H,6-7,10-13H2,1-2H3. The van der Waals surface area contributed by atoms with E-state index in [2.05, 4.69) is 18.7 Å². The quantitative estimate of drug-likeness (QED) is 0.868. The number of aliphatic hydroxyl groups is 1. The third-order valence-corrected chi connectivity index (χ3v) is 4.37. The number of piperidine rings is 1. The number of aliphatic hydroxyl groups excluding tert-OH is 1. The van der Waals surface area contributed by atoms with Crippen LogP contribution in [0.3, 0.4) is 0 Å². The first-order chi connectivity index (χ1) is 9.66. The minimum atomic E-state index is -0.397. The van der Waals surface area contributed by atoms with E-state index in [1.807, 2.05) is 30.3 Å². The number of rotatable bonds is 6. The second-order valence-corrected chi connectivity index (χ2v) is 6.01. The molecule has 1 aromatic carbocycles. The van der Waals surface area contributed by atoms with Crippen molar-refractivity contribution in [1.82, 2.24) is 4.90 Å². The average Bonchev–Trinajstić information content (AvgIpc) is 2.45. The molecule has 1 aliphatic rings. The van der Waals surface area contributed by atoms with Crippen LogP contribution >= 0.6 is 0 Å². The maximum Gasteiger partial charge on any atom is 0.0900 e. The molecule has 1 aliphatic heterocycles. The molecule has 112 valence electrons. The summed E-state index contributed by atoms with van der Waals surface area (Å²) in [7, 11) is 0. The van der Waals surface area contributed by atoms with Crippen LogP contribution in [0, 0.1) is 5.92 Å². The first-order valence-electron chi connectivity index (χ1n) is 7.70. The van der Waals surface area contributed by atoms with Crippen molar-refractivity contribution in [2.24, 2.45) is 5.92 Å². The minimum absolute atomic E-state index is 0.397. The zero-order valence-corrected chi connectivity index (χ0v) is 12.7. The molecule has 1 N–H and O–H groups in total. The van der Waals surface area contributed by atoms with Crippen molar-refractivity contribution >= 4 is 0 Å². The summed E-state index contributed by atoms with van der Waals surface area (Å²) in [4.78, 5) is 2.39. The molecule has 0 bridgehead atoms. The van der Waals surface area contributed by atoms with Crippen LogP contribution in [0.4, 0.5) is 0 Å². The van der Waals surface area contributed by atoms with Crippen molar-refractivity contribution in [2.75, 3.05) is 19.7 Å². The number of benzene rings is 1. The Hall–Kier alpha value is -0.900. The maximum absolute atomic E-state index is 10.1. The Kier molecular flexibility index (Phi) is 6.02. The normalized spacial score (nSPS) is 25.6. The number of β-amino-alcohol motifs (C(OH)–C–C–N with tert-alkyl or cyclic N) is 1. The van der Waals surface area contributed by atoms with Crippen molar-refractivity contribution in [3.8, 4) is 0 Å². The fraction of sp³-hybridized carbons (Fsp3) is 0.647. The first-order valence-corrected chi connectivity index (χ1v) is 7.70. The molecule has 1 heterocycles. The van der Waals surface area contributed by atoms with Crippen molar-refractivity contribution < 1.29 is 9.84 Å². The molecule has 1 saturated heterocycles. The van der Waals surface area contributed by atoms with Crippen molar-refractivity contribution in [1.29, 1.82) is 0 Å². The van der Waals surface area contributed by atoms with Gasteiger partial charge in [-0.3, -0.25) is 4.90 Å². The van der Waals surface area contributed by atoms with Gasteiger partial charge in [0.15, 0.2) is 0 Å². The van der Waals surface area contributed by atoms with Gasteiger partial charge < -0.3 is 9.84 Å². The zero-order chi connectivity index (χ0) is 14.4. The molecule has 3 unspecified atom stereocenters. The minimum Gasteiger partial charge on any atom is -0.389 e. The smallest absolute Gasteiger partial charge is 0.0900 e. The van der Waals surface area contributed by atoms with Gasteiger partial charge >= 0.3 is 0 Å². The van der Waals surface area contributed by atoms with E-state index in [-0.39, 0.29) is 0 Å². The molecule has 0 aliphatic carbocycles. The van der Waals surface area contributed by atoms with Crippen molar-refractivity contribution in [3.05, 3.63) is 35.9 Å². The molecule has 20 heavy (non-hydrogen) atoms. The van der Waals surface area contributed by atoms with Gasteiger partial charge in [-0.05, 0) is 37.8 Å². The molecular formula is C17H27NO2. The van der Waals surface area contributed by atoms with Crippen LogP contribution < -0.4 is 0 Å². The van der Waals surface area contributed by atoms with Gasteiger partial charge in [0.1, 0.15) is 0 Å². The Morgan fingerprint density at radius 2 is 2.05 bits per heavy atom. The maximum atomic E-state index is 10.1. The van der Waals surface area contributed by atoms with Gasteiger partial charge in [0.25, 0.3) is 0 Å². The summed E-state index contributed by atoms with van der Waals surface area (Å²) in [6.07, 6.45) is 2.15. The molecule has 1 fully saturated rings. The van der Waals surface area contributed by atoms with Gasteiger partial charge in [-0.15, -0.1) is 0 Å². The lowest BCUT2D eigenvalue weighted by molar-refractivity contribution is -0.00825. The highest BCUT2D eigenvalue weighted by Crippen LogP contribution is 2.22. The van der Waals surface area contributed by atoms with Gasteiger partial charge in [-0.1, -0.05) is 37.3 Å². The fourth-order valence-corrected chi connectivity index (χ4v) is 2.89. The first kappa shape index (κ1) is 15.5. The third-order valence-electron chi connectivity index (χ3n) is 4.37. The zero-order valence-electron chi connectivity index (χ0n) is 12.7. The Balaban J connectivity index is 1.68. The molecule has 0 aromatic heterocycles. The summed E-state index contributed by atoms with van der Waals surface area (Å²) in [6.45, 7) is 7.37. The van der Waals surface area contributed by atoms with Crippen LogP contribution in [-0.2, 0) is 11.3 Å². The average molecular weight is 277 g/mol. The van der Waals surface area contributed by atoms with Crippen molar-refractivity contribution in [2.45, 2.75) is 45.4 Å². The van der Waals surface area contributed by atoms with Crippen molar-refractivity contribution in [3.63, 3.8) is 0 Å². The highest BCUT2D eigenvalue weighted by Gasteiger charge is 2.25. The van der Waals surface area contributed by atoms with Gasteiger partial charge in [0.2, 0.25) is 0 Å². The highest BCUT2D eigenvalue weighted by atomic mass is 16.5. The van der Waals surface area contributed by atoms with Crippen LogP contribution in [0.1, 0.15) is 32.3 Å². The Labute approximate surface area is 122 Å². The summed E-state index contributed by atoms with van der Waals surface area (Å²) in [5, 5.41) is 10.1. The van der Waals surface area contributed by atoms with E-state index < -0.39 is 6.10 Å². The van der Waals surface area contributed by atoms with Crippen LogP contribution in [0.15, 0.2) is 30.3 Å². The summed E-state index contributed by atoms with van der Waals surface area (Å²) < 4.78 is 5.61. The Morgan fingerprint density at radius 3 is 2.80 bits per heavy atom. The summed E-state index contributed by atoms with van der Waals surface area (Å²) in [5.41, 5.74) is 1.15. The van der Waals surface area contributed by atoms with Crippen LogP contribution in [0.25, 0.3) is 0 Å². The molecule has 0 saturated carbocycles. The van der Waals surface area contributed by atoms with Crippen LogP contribution in [-0.4, -0.2) is 41.8 Å². The summed E-state index contributed by atoms with van der Waals surface area (Å²) in [6, 6.07) is 10.7. The van der Waals surface area contributed by atoms with Gasteiger partial charge in [0.05, 0.1) is 19.3 Å². The fourth-order valence-electron chi connectivity index (χ4n) is 2.89. The molecule has 3 atom stereocenters. The van der Waals surface area contributed by atoms with Gasteiger partial charge in [0, 0.05) is 12.6 Å². The molecule has 3 nitrogen and oxygen atoms in total. The predicted molar refractivity (Wildman–Crippen MR) is 81.5 cm³/mol. The number of ether oxygens (including phenoxy) is 1. The van der Waals surface area contributed by atoms with Gasteiger partial charge in [-0.2, -0.15) is 0 Å². The molecule has 0 spiro atoms. The number of hydrogen-bond donors (Lipinski definition) is 1. The molecule has 0 amide bonds. The molecular weight excluding hydrogens is 250 g/mol. The largest absolute Gasteiger partial charge is 0.389 e. The Morgan fingerprint density at radius 1 is 1.30 bits per heavy atom. The Bertz CT molecular complexity index is 382. The van der Waals surface area contributed by atoms with E-state index in [0.717, 1.165) is 24.6 Å². The molecule has 3 heteroatoms. The third kappa shape index (κ3) is 4.58. The van der Waals surface area contributed by atoms with E-state index in [9.17, 15) is 5.11 Å². The summed E-state index contributed by atoms with van der Waals surface area (Å²) >= 11 is 0. The summed E-state index contributed by atoms with van der Waals surface area (Å²) in [5.74, 6) is 0.723. The predicted octanol–water partition coefficient (Wildman–Crippen LogP) is 2.68. The van der Waals surface area contributed by atoms with E-state index in [4.69, 9.17) is 4.74 Å². The SMILES string of the molecule is CC1CCCN(CC(O)COCc2ccccc2)C1C. The number of hydrogen-bond acceptors (Lipinski definition) is 3. The van der Waals surface area contributed by atoms with E-state index in [1.165, 1.54) is 12.8 Å². The van der Waals surface area contributed by atoms with E-state index in [1.54, 1.807) is 0 Å². The van der Waals surface area contributed by atoms with Crippen LogP contribution in [0.5, 0.6) is 0 Å². The topological polar surface area (TPSA) is 32.7 Å². The lowest BCUT2D eigenvalue weighted by Crippen LogP contribution is -2.46. The second kappa shape index (κ2) is 7.77. The van der Waals surface area contributed by atoms with E-state index in [0.29, 0.717) is 19.3 Å². The lowest BCUT2D eigenvalue weighted by atomic mass is 9.92. The monoisotopic (exact) mass is 277 g/mol. The second-order valence-electron chi connectivity index (χ2n) is 6.01. The highest BCUT2D eigenvalue weighted by molar-refractivity contribution is 5.13. The van der Waals surface area contributed by atoms with Gasteiger partial charge in [-0.25, -0.2) is 0 Å². The molecule has 1 aromatic rings. The molecule has 0 radical (unpaired) electrons. The van der Waals surface area contributed by atoms with E-state index >= 15 is 0 Å². The number of nitrogens with zero attached hydrogens (tertiary/aromatic N) is 1. The number of likely N-dealkylation sites (tertiary alicyclic amines) is 1. The van der Waals surface area contributed by atoms with Crippen LogP contribution in [0.2, 0.25) is 0 Å². The molecule has 2 rings (SSSR count).